The molecule has 0 radical (unpaired) electrons. The largest absolute Gasteiger partial charge is 0.390 e. The van der Waals surface area contributed by atoms with Gasteiger partial charge in [0.25, 0.3) is 0 Å². The third-order valence-electron chi connectivity index (χ3n) is 2.57. The quantitative estimate of drug-likeness (QED) is 0.733. The van der Waals surface area contributed by atoms with E-state index in [0.717, 1.165) is 16.5 Å². The zero-order valence-corrected chi connectivity index (χ0v) is 8.88. The van der Waals surface area contributed by atoms with Gasteiger partial charge in [0.05, 0.1) is 6.42 Å². The Bertz CT molecular complexity index is 496. The van der Waals surface area contributed by atoms with Gasteiger partial charge in [-0.1, -0.05) is 12.1 Å². The summed E-state index contributed by atoms with van der Waals surface area (Å²) in [4.78, 5) is 0. The number of hydrogen-bond donors (Lipinski definition) is 0. The summed E-state index contributed by atoms with van der Waals surface area (Å²) in [5, 5.41) is 0.979. The second-order valence-corrected chi connectivity index (χ2v) is 3.94. The molecule has 86 valence electrons. The van der Waals surface area contributed by atoms with E-state index >= 15 is 0 Å². The molecule has 0 N–H and O–H groups in total. The average molecular weight is 227 g/mol. The Morgan fingerprint density at radius 2 is 1.94 bits per heavy atom. The highest BCUT2D eigenvalue weighted by Crippen LogP contribution is 2.23. The number of rotatable bonds is 2. The van der Waals surface area contributed by atoms with Gasteiger partial charge in [-0.15, -0.1) is 0 Å². The van der Waals surface area contributed by atoms with Crippen LogP contribution >= 0.6 is 0 Å². The van der Waals surface area contributed by atoms with Gasteiger partial charge >= 0.3 is 6.18 Å². The lowest BCUT2D eigenvalue weighted by Crippen LogP contribution is -2.11. The number of benzene rings is 1. The van der Waals surface area contributed by atoms with Crippen LogP contribution in [0.25, 0.3) is 10.9 Å². The summed E-state index contributed by atoms with van der Waals surface area (Å²) in [6.45, 7) is 1.91. The summed E-state index contributed by atoms with van der Waals surface area (Å²) in [6.07, 6.45) is -3.18. The van der Waals surface area contributed by atoms with Crippen LogP contribution in [0.1, 0.15) is 12.0 Å². The zero-order valence-electron chi connectivity index (χ0n) is 8.88. The van der Waals surface area contributed by atoms with E-state index in [1.165, 1.54) is 0 Å². The van der Waals surface area contributed by atoms with Crippen molar-refractivity contribution in [3.05, 3.63) is 36.0 Å². The topological polar surface area (TPSA) is 4.93 Å². The summed E-state index contributed by atoms with van der Waals surface area (Å²) in [5.41, 5.74) is 1.92. The molecule has 0 aliphatic heterocycles. The van der Waals surface area contributed by atoms with E-state index in [2.05, 4.69) is 0 Å². The van der Waals surface area contributed by atoms with E-state index in [9.17, 15) is 13.2 Å². The smallest absolute Gasteiger partial charge is 0.347 e. The van der Waals surface area contributed by atoms with Crippen LogP contribution in [0.2, 0.25) is 0 Å². The normalized spacial score (nSPS) is 12.2. The van der Waals surface area contributed by atoms with Gasteiger partial charge in [-0.25, -0.2) is 0 Å². The average Bonchev–Trinajstić information content (AvgIpc) is 2.56. The van der Waals surface area contributed by atoms with E-state index in [4.69, 9.17) is 0 Å². The van der Waals surface area contributed by atoms with Crippen LogP contribution in [0.15, 0.2) is 30.5 Å². The van der Waals surface area contributed by atoms with E-state index in [1.54, 1.807) is 10.8 Å². The minimum absolute atomic E-state index is 0.0174. The fourth-order valence-electron chi connectivity index (χ4n) is 1.74. The molecular weight excluding hydrogens is 215 g/mol. The summed E-state index contributed by atoms with van der Waals surface area (Å²) in [6, 6.07) is 7.63. The summed E-state index contributed by atoms with van der Waals surface area (Å²) in [7, 11) is 0. The zero-order chi connectivity index (χ0) is 11.8. The molecule has 0 atom stereocenters. The van der Waals surface area contributed by atoms with Crippen LogP contribution in [0.5, 0.6) is 0 Å². The summed E-state index contributed by atoms with van der Waals surface area (Å²) < 4.78 is 38.0. The Hall–Kier alpha value is -1.45. The lowest BCUT2D eigenvalue weighted by molar-refractivity contribution is -0.136. The maximum absolute atomic E-state index is 12.1. The molecule has 1 aromatic heterocycles. The van der Waals surface area contributed by atoms with Crippen molar-refractivity contribution < 1.29 is 13.2 Å². The highest BCUT2D eigenvalue weighted by atomic mass is 19.4. The predicted molar refractivity (Wildman–Crippen MR) is 57.3 cm³/mol. The van der Waals surface area contributed by atoms with Gasteiger partial charge in [-0.3, -0.25) is 0 Å². The van der Waals surface area contributed by atoms with Crippen molar-refractivity contribution in [3.8, 4) is 0 Å². The molecular formula is C12H12F3N. The second kappa shape index (κ2) is 3.85. The van der Waals surface area contributed by atoms with E-state index in [1.807, 2.05) is 31.2 Å². The maximum Gasteiger partial charge on any atom is 0.390 e. The van der Waals surface area contributed by atoms with E-state index in [-0.39, 0.29) is 6.54 Å². The molecule has 0 fully saturated rings. The van der Waals surface area contributed by atoms with Crippen LogP contribution in [0, 0.1) is 6.92 Å². The Balaban J connectivity index is 2.28. The molecule has 0 aliphatic carbocycles. The number of hydrogen-bond acceptors (Lipinski definition) is 0. The molecule has 0 saturated heterocycles. The molecule has 0 amide bonds. The van der Waals surface area contributed by atoms with E-state index < -0.39 is 12.6 Å². The molecule has 0 bridgehead atoms. The number of aromatic nitrogens is 1. The van der Waals surface area contributed by atoms with Crippen molar-refractivity contribution in [3.63, 3.8) is 0 Å². The van der Waals surface area contributed by atoms with E-state index in [0.29, 0.717) is 0 Å². The first-order chi connectivity index (χ1) is 7.46. The monoisotopic (exact) mass is 227 g/mol. The molecule has 16 heavy (non-hydrogen) atoms. The molecule has 0 saturated carbocycles. The maximum atomic E-state index is 12.1. The lowest BCUT2D eigenvalue weighted by atomic mass is 10.2. The van der Waals surface area contributed by atoms with Crippen molar-refractivity contribution in [1.29, 1.82) is 0 Å². The fourth-order valence-corrected chi connectivity index (χ4v) is 1.74. The number of aryl methyl sites for hydroxylation is 2. The van der Waals surface area contributed by atoms with Crippen molar-refractivity contribution >= 4 is 10.9 Å². The van der Waals surface area contributed by atoms with Crippen LogP contribution in [0.4, 0.5) is 13.2 Å². The predicted octanol–water partition coefficient (Wildman–Crippen LogP) is 3.90. The van der Waals surface area contributed by atoms with Crippen molar-refractivity contribution in [1.82, 2.24) is 4.57 Å². The number of halogens is 3. The van der Waals surface area contributed by atoms with Crippen LogP contribution in [-0.2, 0) is 6.54 Å². The minimum atomic E-state index is -4.10. The van der Waals surface area contributed by atoms with Gasteiger partial charge in [0.1, 0.15) is 0 Å². The Morgan fingerprint density at radius 1 is 1.19 bits per heavy atom. The SMILES string of the molecule is Cc1ccc2ccn(CCC(F)(F)F)c2c1. The van der Waals surface area contributed by atoms with Gasteiger partial charge < -0.3 is 4.57 Å². The minimum Gasteiger partial charge on any atom is -0.347 e. The van der Waals surface area contributed by atoms with Crippen molar-refractivity contribution in [2.75, 3.05) is 0 Å². The molecule has 1 heterocycles. The Morgan fingerprint density at radius 3 is 2.62 bits per heavy atom. The van der Waals surface area contributed by atoms with Crippen LogP contribution in [0.3, 0.4) is 0 Å². The first kappa shape index (κ1) is 11.0. The number of nitrogens with zero attached hydrogens (tertiary/aromatic N) is 1. The van der Waals surface area contributed by atoms with Gasteiger partial charge in [-0.2, -0.15) is 13.2 Å². The number of fused-ring (bicyclic) bond motifs is 1. The Kier molecular flexibility index (Phi) is 2.66. The van der Waals surface area contributed by atoms with Crippen LogP contribution < -0.4 is 0 Å². The summed E-state index contributed by atoms with van der Waals surface area (Å²) >= 11 is 0. The standard InChI is InChI=1S/C12H12F3N/c1-9-2-3-10-4-6-16(11(10)8-9)7-5-12(13,14)15/h2-4,6,8H,5,7H2,1H3. The Labute approximate surface area is 91.5 Å². The van der Waals surface area contributed by atoms with Crippen molar-refractivity contribution in [2.24, 2.45) is 0 Å². The molecule has 1 aromatic carbocycles. The van der Waals surface area contributed by atoms with Gasteiger partial charge in [0.15, 0.2) is 0 Å². The third kappa shape index (κ3) is 2.38. The molecule has 1 nitrogen and oxygen atoms in total. The second-order valence-electron chi connectivity index (χ2n) is 3.94. The first-order valence-electron chi connectivity index (χ1n) is 5.08. The van der Waals surface area contributed by atoms with Gasteiger partial charge in [0, 0.05) is 18.3 Å². The first-order valence-corrected chi connectivity index (χ1v) is 5.08. The summed E-state index contributed by atoms with van der Waals surface area (Å²) in [5.74, 6) is 0. The van der Waals surface area contributed by atoms with Crippen molar-refractivity contribution in [2.45, 2.75) is 26.1 Å². The molecule has 2 aromatic rings. The number of alkyl halides is 3. The fraction of sp³-hybridized carbons (Fsp3) is 0.333. The van der Waals surface area contributed by atoms with Gasteiger partial charge in [-0.05, 0) is 30.0 Å². The highest BCUT2D eigenvalue weighted by molar-refractivity contribution is 5.80. The van der Waals surface area contributed by atoms with Crippen LogP contribution in [-0.4, -0.2) is 10.7 Å². The lowest BCUT2D eigenvalue weighted by Gasteiger charge is -2.08. The molecule has 0 unspecified atom stereocenters. The molecule has 0 spiro atoms. The molecule has 4 heteroatoms. The molecule has 2 rings (SSSR count). The highest BCUT2D eigenvalue weighted by Gasteiger charge is 2.26. The molecule has 0 aliphatic rings. The third-order valence-corrected chi connectivity index (χ3v) is 2.57. The van der Waals surface area contributed by atoms with Gasteiger partial charge in [0.2, 0.25) is 0 Å².